The predicted molar refractivity (Wildman–Crippen MR) is 212 cm³/mol. The first kappa shape index (κ1) is 33.5. The van der Waals surface area contributed by atoms with E-state index in [0.717, 1.165) is 22.3 Å². The summed E-state index contributed by atoms with van der Waals surface area (Å²) < 4.78 is 6.68. The van der Waals surface area contributed by atoms with E-state index in [9.17, 15) is 15.3 Å². The van der Waals surface area contributed by atoms with Gasteiger partial charge >= 0.3 is 0 Å². The van der Waals surface area contributed by atoms with Crippen LogP contribution >= 0.6 is 0 Å². The Morgan fingerprint density at radius 2 is 0.852 bits per heavy atom. The Morgan fingerprint density at radius 3 is 1.26 bits per heavy atom. The number of aromatic nitrogens is 4. The molecule has 0 amide bonds. The minimum absolute atomic E-state index is 0.259. The highest BCUT2D eigenvalue weighted by molar-refractivity contribution is 5.93. The van der Waals surface area contributed by atoms with Gasteiger partial charge in [-0.05, 0) is 46.5 Å². The molecule has 7 aromatic rings. The predicted octanol–water partition coefficient (Wildman–Crippen LogP) is 9.63. The number of aliphatic hydroxyl groups excluding tert-OH is 2. The number of hydrogen-bond donors (Lipinski definition) is 5. The van der Waals surface area contributed by atoms with E-state index in [4.69, 9.17) is 14.7 Å². The standard InChI is InChI=1S/C46H38N4O4/c1-27(2)46(53)44-38(30-19-11-5-12-20-30)34-25-23-32(47-34)36(28-15-7-3-8-16-28)40-42(51)43(52)41(49-40)37(29-17-9-4-10-18-29)33-24-26-35(48-33)39(45(50-44)54-46)31-21-13-6-14-22-31/h3-27,42-43,47-48,51-53H,1-2H3. The Bertz CT molecular complexity index is 2660. The lowest BCUT2D eigenvalue weighted by Gasteiger charge is -2.28. The first-order chi connectivity index (χ1) is 26.3. The lowest BCUT2D eigenvalue weighted by atomic mass is 9.93. The summed E-state index contributed by atoms with van der Waals surface area (Å²) in [7, 11) is 0. The molecule has 8 nitrogen and oxygen atoms in total. The molecule has 3 atom stereocenters. The van der Waals surface area contributed by atoms with Gasteiger partial charge in [0.25, 0.3) is 5.79 Å². The number of nitrogens with one attached hydrogen (secondary N) is 2. The van der Waals surface area contributed by atoms with Crippen molar-refractivity contribution in [2.75, 3.05) is 0 Å². The molecule has 3 aromatic heterocycles. The number of hydrogen-bond acceptors (Lipinski definition) is 6. The second-order valence-corrected chi connectivity index (χ2v) is 14.0. The molecule has 54 heavy (non-hydrogen) atoms. The fourth-order valence-corrected chi connectivity index (χ4v) is 7.59. The molecule has 9 rings (SSSR count). The van der Waals surface area contributed by atoms with Crippen LogP contribution in [0.15, 0.2) is 146 Å². The molecule has 5 N–H and O–H groups in total. The van der Waals surface area contributed by atoms with Crippen LogP contribution in [0.4, 0.5) is 0 Å². The summed E-state index contributed by atoms with van der Waals surface area (Å²) >= 11 is 0. The first-order valence-electron chi connectivity index (χ1n) is 18.1. The third-order valence-electron chi connectivity index (χ3n) is 10.3. The quantitative estimate of drug-likeness (QED) is 0.121. The summed E-state index contributed by atoms with van der Waals surface area (Å²) in [6.07, 6.45) is -2.65. The van der Waals surface area contributed by atoms with Gasteiger partial charge in [0, 0.05) is 39.2 Å². The van der Waals surface area contributed by atoms with Crippen molar-refractivity contribution >= 4 is 22.1 Å². The highest BCUT2D eigenvalue weighted by Gasteiger charge is 2.45. The highest BCUT2D eigenvalue weighted by Crippen LogP contribution is 2.48. The number of aromatic amines is 2. The average Bonchev–Trinajstić information content (AvgIpc) is 4.00. The van der Waals surface area contributed by atoms with E-state index in [1.54, 1.807) is 0 Å². The largest absolute Gasteiger partial charge is 0.438 e. The van der Waals surface area contributed by atoms with E-state index in [0.29, 0.717) is 61.4 Å². The van der Waals surface area contributed by atoms with Gasteiger partial charge in [0.15, 0.2) is 0 Å². The SMILES string of the molecule is CC(C)C1(O)Oc2nc1c(-c1ccccc1)c1ccc([nH]1)c(-c1ccccc1)c1nc(c(-c3ccccc3)c3ccc([nH]3)c2-c2ccccc2)C(O)C1O. The minimum Gasteiger partial charge on any atom is -0.438 e. The molecule has 8 heteroatoms. The van der Waals surface area contributed by atoms with Crippen molar-refractivity contribution in [1.82, 2.24) is 19.9 Å². The fourth-order valence-electron chi connectivity index (χ4n) is 7.59. The summed E-state index contributed by atoms with van der Waals surface area (Å²) in [6, 6.07) is 46.9. The van der Waals surface area contributed by atoms with E-state index in [2.05, 4.69) is 9.97 Å². The van der Waals surface area contributed by atoms with Crippen molar-refractivity contribution in [2.24, 2.45) is 5.92 Å². The topological polar surface area (TPSA) is 127 Å². The molecule has 2 aliphatic heterocycles. The van der Waals surface area contributed by atoms with Crippen LogP contribution in [0, 0.1) is 5.92 Å². The lowest BCUT2D eigenvalue weighted by Crippen LogP contribution is -2.36. The van der Waals surface area contributed by atoms with Crippen LogP contribution in [0.5, 0.6) is 5.88 Å². The van der Waals surface area contributed by atoms with Crippen molar-refractivity contribution in [3.63, 3.8) is 0 Å². The van der Waals surface area contributed by atoms with Gasteiger partial charge in [-0.1, -0.05) is 135 Å². The van der Waals surface area contributed by atoms with Gasteiger partial charge < -0.3 is 30.0 Å². The Kier molecular flexibility index (Phi) is 8.23. The lowest BCUT2D eigenvalue weighted by molar-refractivity contribution is -0.169. The molecule has 0 fully saturated rings. The maximum Gasteiger partial charge on any atom is 0.256 e. The number of fused-ring (bicyclic) bond motifs is 8. The number of rotatable bonds is 5. The molecule has 0 saturated heterocycles. The van der Waals surface area contributed by atoms with E-state index in [-0.39, 0.29) is 5.88 Å². The number of H-pyrrole nitrogens is 2. The second kappa shape index (κ2) is 13.3. The molecule has 0 spiro atoms. The molecule has 2 aliphatic rings. The van der Waals surface area contributed by atoms with Crippen LogP contribution in [0.3, 0.4) is 0 Å². The summed E-state index contributed by atoms with van der Waals surface area (Å²) in [6.45, 7) is 3.83. The molecule has 0 radical (unpaired) electrons. The molecule has 266 valence electrons. The van der Waals surface area contributed by atoms with Gasteiger partial charge in [-0.25, -0.2) is 4.98 Å². The van der Waals surface area contributed by atoms with Crippen molar-refractivity contribution in [2.45, 2.75) is 31.8 Å². The van der Waals surface area contributed by atoms with E-state index in [1.807, 2.05) is 159 Å². The third-order valence-corrected chi connectivity index (χ3v) is 10.3. The Hall–Kier alpha value is -6.32. The van der Waals surface area contributed by atoms with E-state index >= 15 is 0 Å². The van der Waals surface area contributed by atoms with E-state index in [1.165, 1.54) is 0 Å². The van der Waals surface area contributed by atoms with Gasteiger partial charge in [0.1, 0.15) is 17.9 Å². The van der Waals surface area contributed by atoms with Crippen LogP contribution in [0.25, 0.3) is 66.6 Å². The molecule has 4 aromatic carbocycles. The molecule has 0 saturated carbocycles. The third kappa shape index (κ3) is 5.51. The van der Waals surface area contributed by atoms with Crippen LogP contribution in [-0.2, 0) is 5.79 Å². The second-order valence-electron chi connectivity index (χ2n) is 14.0. The van der Waals surface area contributed by atoms with Crippen molar-refractivity contribution < 1.29 is 20.1 Å². The number of ether oxygens (including phenoxy) is 1. The van der Waals surface area contributed by atoms with Crippen LogP contribution in [-0.4, -0.2) is 35.3 Å². The highest BCUT2D eigenvalue weighted by atomic mass is 16.6. The summed E-state index contributed by atoms with van der Waals surface area (Å²) in [5.41, 5.74) is 9.58. The van der Waals surface area contributed by atoms with Crippen molar-refractivity contribution in [1.29, 1.82) is 0 Å². The zero-order valence-corrected chi connectivity index (χ0v) is 29.7. The van der Waals surface area contributed by atoms with Gasteiger partial charge in [0.05, 0.1) is 22.5 Å². The number of nitrogens with zero attached hydrogens (tertiary/aromatic N) is 2. The van der Waals surface area contributed by atoms with Crippen molar-refractivity contribution in [3.8, 4) is 50.4 Å². The Morgan fingerprint density at radius 1 is 0.500 bits per heavy atom. The maximum atomic E-state index is 12.7. The smallest absolute Gasteiger partial charge is 0.256 e. The zero-order valence-electron chi connectivity index (χ0n) is 29.7. The molecule has 3 unspecified atom stereocenters. The summed E-state index contributed by atoms with van der Waals surface area (Å²) in [5.74, 6) is -1.94. The minimum atomic E-state index is -1.80. The van der Waals surface area contributed by atoms with Crippen LogP contribution in [0.2, 0.25) is 0 Å². The van der Waals surface area contributed by atoms with Crippen LogP contribution in [0.1, 0.15) is 43.1 Å². The molecule has 8 bridgehead atoms. The van der Waals surface area contributed by atoms with Gasteiger partial charge in [-0.15, -0.1) is 0 Å². The van der Waals surface area contributed by atoms with Gasteiger partial charge in [-0.2, -0.15) is 0 Å². The summed E-state index contributed by atoms with van der Waals surface area (Å²) in [4.78, 5) is 17.6. The average molecular weight is 711 g/mol. The maximum absolute atomic E-state index is 12.7. The normalized spacial score (nSPS) is 18.1. The van der Waals surface area contributed by atoms with Crippen LogP contribution < -0.4 is 4.74 Å². The molecular formula is C46H38N4O4. The summed E-state index contributed by atoms with van der Waals surface area (Å²) in [5, 5.41) is 36.5. The van der Waals surface area contributed by atoms with Crippen molar-refractivity contribution in [3.05, 3.63) is 163 Å². The molecule has 0 aliphatic carbocycles. The Balaban J connectivity index is 1.54. The van der Waals surface area contributed by atoms with Gasteiger partial charge in [0.2, 0.25) is 5.88 Å². The molecule has 5 heterocycles. The Labute approximate surface area is 312 Å². The fraction of sp³-hybridized carbons (Fsp3) is 0.130. The van der Waals surface area contributed by atoms with E-state index < -0.39 is 23.9 Å². The van der Waals surface area contributed by atoms with Gasteiger partial charge in [-0.3, -0.25) is 4.98 Å². The number of benzene rings is 4. The monoisotopic (exact) mass is 710 g/mol. The molecular weight excluding hydrogens is 673 g/mol. The number of aliphatic hydroxyl groups is 3. The first-order valence-corrected chi connectivity index (χ1v) is 18.1. The zero-order chi connectivity index (χ0) is 37.0.